The van der Waals surface area contributed by atoms with E-state index in [0.717, 1.165) is 15.7 Å². The first-order valence-corrected chi connectivity index (χ1v) is 8.70. The van der Waals surface area contributed by atoms with Gasteiger partial charge in [0.05, 0.1) is 5.92 Å². The predicted molar refractivity (Wildman–Crippen MR) is 97.5 cm³/mol. The third kappa shape index (κ3) is 4.03. The van der Waals surface area contributed by atoms with Crippen molar-refractivity contribution in [1.29, 1.82) is 0 Å². The number of aryl methyl sites for hydroxylation is 1. The molecule has 1 atom stereocenters. The number of nitrogens with zero attached hydrogens (tertiary/aromatic N) is 1. The maximum absolute atomic E-state index is 12.4. The average Bonchev–Trinajstić information content (AvgIpc) is 2.91. The van der Waals surface area contributed by atoms with Crippen LogP contribution in [0.2, 0.25) is 0 Å². The minimum atomic E-state index is -0.304. The SMILES string of the molecule is Cc1ccc(CN2CC(C(=O)Nc3cccc(Br)c3)CC2=O)cc1. The number of amides is 2. The Bertz CT molecular complexity index is 758. The van der Waals surface area contributed by atoms with Gasteiger partial charge in [0, 0.05) is 29.7 Å². The van der Waals surface area contributed by atoms with Crippen molar-refractivity contribution in [3.8, 4) is 0 Å². The van der Waals surface area contributed by atoms with E-state index in [1.165, 1.54) is 5.56 Å². The molecule has 1 fully saturated rings. The number of hydrogen-bond acceptors (Lipinski definition) is 2. The molecule has 3 rings (SSSR count). The number of benzene rings is 2. The predicted octanol–water partition coefficient (Wildman–Crippen LogP) is 3.74. The van der Waals surface area contributed by atoms with Crippen LogP contribution in [-0.2, 0) is 16.1 Å². The molecule has 2 aromatic carbocycles. The molecule has 0 bridgehead atoms. The number of carbonyl (C=O) groups excluding carboxylic acids is 2. The molecule has 1 N–H and O–H groups in total. The van der Waals surface area contributed by atoms with Crippen LogP contribution >= 0.6 is 15.9 Å². The molecule has 0 spiro atoms. The summed E-state index contributed by atoms with van der Waals surface area (Å²) in [5.41, 5.74) is 3.01. The second-order valence-corrected chi connectivity index (χ2v) is 7.08. The molecular weight excluding hydrogens is 368 g/mol. The van der Waals surface area contributed by atoms with Crippen LogP contribution < -0.4 is 5.32 Å². The van der Waals surface area contributed by atoms with Gasteiger partial charge in [-0.25, -0.2) is 0 Å². The van der Waals surface area contributed by atoms with E-state index >= 15 is 0 Å². The van der Waals surface area contributed by atoms with Gasteiger partial charge in [-0.2, -0.15) is 0 Å². The van der Waals surface area contributed by atoms with Gasteiger partial charge < -0.3 is 10.2 Å². The zero-order valence-electron chi connectivity index (χ0n) is 13.5. The van der Waals surface area contributed by atoms with Gasteiger partial charge in [0.25, 0.3) is 0 Å². The van der Waals surface area contributed by atoms with Gasteiger partial charge in [0.15, 0.2) is 0 Å². The standard InChI is InChI=1S/C19H19BrN2O2/c1-13-5-7-14(8-6-13)11-22-12-15(9-18(22)23)19(24)21-17-4-2-3-16(20)10-17/h2-8,10,15H,9,11-12H2,1H3,(H,21,24). The van der Waals surface area contributed by atoms with Crippen LogP contribution in [0.15, 0.2) is 53.0 Å². The zero-order valence-corrected chi connectivity index (χ0v) is 15.0. The van der Waals surface area contributed by atoms with Crippen LogP contribution in [0.1, 0.15) is 17.5 Å². The van der Waals surface area contributed by atoms with Gasteiger partial charge in [-0.05, 0) is 30.7 Å². The van der Waals surface area contributed by atoms with Gasteiger partial charge in [-0.1, -0.05) is 51.8 Å². The highest BCUT2D eigenvalue weighted by atomic mass is 79.9. The molecule has 0 radical (unpaired) electrons. The topological polar surface area (TPSA) is 49.4 Å². The minimum absolute atomic E-state index is 0.0324. The molecular formula is C19H19BrN2O2. The summed E-state index contributed by atoms with van der Waals surface area (Å²) < 4.78 is 0.906. The number of rotatable bonds is 4. The Hall–Kier alpha value is -2.14. The fourth-order valence-electron chi connectivity index (χ4n) is 2.83. The van der Waals surface area contributed by atoms with Crippen molar-refractivity contribution >= 4 is 33.4 Å². The summed E-state index contributed by atoms with van der Waals surface area (Å²) in [5.74, 6) is -0.375. The molecule has 1 heterocycles. The van der Waals surface area contributed by atoms with Gasteiger partial charge in [0.1, 0.15) is 0 Å². The maximum Gasteiger partial charge on any atom is 0.229 e. The molecule has 1 saturated heterocycles. The summed E-state index contributed by atoms with van der Waals surface area (Å²) >= 11 is 3.38. The van der Waals surface area contributed by atoms with Gasteiger partial charge >= 0.3 is 0 Å². The molecule has 24 heavy (non-hydrogen) atoms. The van der Waals surface area contributed by atoms with E-state index in [-0.39, 0.29) is 24.2 Å². The summed E-state index contributed by atoms with van der Waals surface area (Å²) in [4.78, 5) is 26.4. The second kappa shape index (κ2) is 7.18. The fraction of sp³-hybridized carbons (Fsp3) is 0.263. The number of hydrogen-bond donors (Lipinski definition) is 1. The third-order valence-corrected chi connectivity index (χ3v) is 4.66. The largest absolute Gasteiger partial charge is 0.338 e. The van der Waals surface area contributed by atoms with E-state index in [4.69, 9.17) is 0 Å². The molecule has 0 aliphatic carbocycles. The van der Waals surface area contributed by atoms with Crippen molar-refractivity contribution in [2.24, 2.45) is 5.92 Å². The molecule has 124 valence electrons. The number of anilines is 1. The molecule has 0 saturated carbocycles. The first kappa shape index (κ1) is 16.7. The number of carbonyl (C=O) groups is 2. The van der Waals surface area contributed by atoms with E-state index < -0.39 is 0 Å². The van der Waals surface area contributed by atoms with Crippen molar-refractivity contribution in [3.63, 3.8) is 0 Å². The fourth-order valence-corrected chi connectivity index (χ4v) is 3.22. The Morgan fingerprint density at radius 3 is 2.71 bits per heavy atom. The lowest BCUT2D eigenvalue weighted by Crippen LogP contribution is -2.28. The lowest BCUT2D eigenvalue weighted by atomic mass is 10.1. The third-order valence-electron chi connectivity index (χ3n) is 4.17. The molecule has 2 amide bonds. The van der Waals surface area contributed by atoms with Crippen LogP contribution in [0.3, 0.4) is 0 Å². The van der Waals surface area contributed by atoms with Crippen molar-refractivity contribution in [2.75, 3.05) is 11.9 Å². The van der Waals surface area contributed by atoms with Gasteiger partial charge in [0.2, 0.25) is 11.8 Å². The first-order valence-electron chi connectivity index (χ1n) is 7.91. The van der Waals surface area contributed by atoms with E-state index in [1.807, 2.05) is 55.5 Å². The van der Waals surface area contributed by atoms with E-state index in [9.17, 15) is 9.59 Å². The molecule has 2 aromatic rings. The van der Waals surface area contributed by atoms with E-state index in [0.29, 0.717) is 13.1 Å². The quantitative estimate of drug-likeness (QED) is 0.869. The monoisotopic (exact) mass is 386 g/mol. The molecule has 4 nitrogen and oxygen atoms in total. The van der Waals surface area contributed by atoms with Crippen LogP contribution in [0.25, 0.3) is 0 Å². The summed E-state index contributed by atoms with van der Waals surface area (Å²) in [6, 6.07) is 15.6. The van der Waals surface area contributed by atoms with Gasteiger partial charge in [-0.3, -0.25) is 9.59 Å². The first-order chi connectivity index (χ1) is 11.5. The number of nitrogens with one attached hydrogen (secondary N) is 1. The van der Waals surface area contributed by atoms with Crippen molar-refractivity contribution in [1.82, 2.24) is 4.90 Å². The summed E-state index contributed by atoms with van der Waals surface area (Å²) in [7, 11) is 0. The lowest BCUT2D eigenvalue weighted by molar-refractivity contribution is -0.128. The summed E-state index contributed by atoms with van der Waals surface area (Å²) in [6.07, 6.45) is 0.270. The van der Waals surface area contributed by atoms with Crippen LogP contribution in [0.4, 0.5) is 5.69 Å². The molecule has 0 aromatic heterocycles. The van der Waals surface area contributed by atoms with E-state index in [1.54, 1.807) is 4.90 Å². The highest BCUT2D eigenvalue weighted by Crippen LogP contribution is 2.23. The molecule has 1 aliphatic rings. The highest BCUT2D eigenvalue weighted by Gasteiger charge is 2.34. The minimum Gasteiger partial charge on any atom is -0.338 e. The average molecular weight is 387 g/mol. The molecule has 1 aliphatic heterocycles. The van der Waals surface area contributed by atoms with Crippen molar-refractivity contribution < 1.29 is 9.59 Å². The number of halogens is 1. The van der Waals surface area contributed by atoms with Crippen LogP contribution in [-0.4, -0.2) is 23.3 Å². The van der Waals surface area contributed by atoms with Crippen molar-refractivity contribution in [2.45, 2.75) is 19.9 Å². The van der Waals surface area contributed by atoms with Crippen LogP contribution in [0, 0.1) is 12.8 Å². The molecule has 1 unspecified atom stereocenters. The zero-order chi connectivity index (χ0) is 17.1. The Labute approximate surface area is 150 Å². The second-order valence-electron chi connectivity index (χ2n) is 6.16. The molecule has 5 heteroatoms. The Balaban J connectivity index is 1.61. The Morgan fingerprint density at radius 2 is 2.00 bits per heavy atom. The van der Waals surface area contributed by atoms with Gasteiger partial charge in [-0.15, -0.1) is 0 Å². The smallest absolute Gasteiger partial charge is 0.229 e. The van der Waals surface area contributed by atoms with Crippen molar-refractivity contribution in [3.05, 3.63) is 64.1 Å². The summed E-state index contributed by atoms with van der Waals surface area (Å²) in [6.45, 7) is 3.05. The Kier molecular flexibility index (Phi) is 5.00. The maximum atomic E-state index is 12.4. The lowest BCUT2D eigenvalue weighted by Gasteiger charge is -2.17. The highest BCUT2D eigenvalue weighted by molar-refractivity contribution is 9.10. The number of likely N-dealkylation sites (tertiary alicyclic amines) is 1. The summed E-state index contributed by atoms with van der Waals surface area (Å²) in [5, 5.41) is 2.89. The van der Waals surface area contributed by atoms with Crippen LogP contribution in [0.5, 0.6) is 0 Å². The van der Waals surface area contributed by atoms with E-state index in [2.05, 4.69) is 21.2 Å². The normalized spacial score (nSPS) is 17.2. The Morgan fingerprint density at radius 1 is 1.25 bits per heavy atom.